The van der Waals surface area contributed by atoms with Gasteiger partial charge in [0.2, 0.25) is 5.91 Å². The molecule has 0 fully saturated rings. The molecule has 0 saturated carbocycles. The lowest BCUT2D eigenvalue weighted by Crippen LogP contribution is -2.50. The van der Waals surface area contributed by atoms with Crippen LogP contribution < -0.4 is 16.0 Å². The minimum absolute atomic E-state index is 0.171. The number of ether oxygens (including phenoxy) is 1. The molecular weight excluding hydrogens is 604 g/mol. The first-order valence-corrected chi connectivity index (χ1v) is 16.0. The van der Waals surface area contributed by atoms with Gasteiger partial charge in [-0.15, -0.1) is 0 Å². The minimum atomic E-state index is -0.884. The summed E-state index contributed by atoms with van der Waals surface area (Å²) in [5.41, 5.74) is 4.00. The Balaban J connectivity index is 1.16. The molecule has 0 aliphatic rings. The van der Waals surface area contributed by atoms with Crippen LogP contribution in [0.5, 0.6) is 0 Å². The molecule has 0 bridgehead atoms. The number of amides is 3. The number of alkyl carbamates (subject to hydrolysis) is 1. The molecule has 0 aliphatic carbocycles. The summed E-state index contributed by atoms with van der Waals surface area (Å²) in [6.45, 7) is 0.514. The highest BCUT2D eigenvalue weighted by Crippen LogP contribution is 2.26. The Bertz CT molecular complexity index is 1810. The van der Waals surface area contributed by atoms with Crippen molar-refractivity contribution >= 4 is 35.0 Å². The predicted octanol–water partition coefficient (Wildman–Crippen LogP) is 6.02. The highest BCUT2D eigenvalue weighted by molar-refractivity contribution is 5.98. The quantitative estimate of drug-likeness (QED) is 0.0947. The molecule has 1 aromatic heterocycles. The third-order valence-corrected chi connectivity index (χ3v) is 7.91. The molecule has 2 atom stereocenters. The second kappa shape index (κ2) is 17.2. The first-order chi connectivity index (χ1) is 23.5. The van der Waals surface area contributed by atoms with Crippen molar-refractivity contribution in [3.8, 4) is 11.3 Å². The topological polar surface area (TPSA) is 126 Å². The number of carbonyl (C=O) groups is 4. The molecule has 9 heteroatoms. The summed E-state index contributed by atoms with van der Waals surface area (Å²) >= 11 is 0. The van der Waals surface area contributed by atoms with Gasteiger partial charge >= 0.3 is 6.09 Å². The Hall–Kier alpha value is -5.83. The van der Waals surface area contributed by atoms with E-state index >= 15 is 0 Å². The number of carbonyl (C=O) groups excluding carboxylic acids is 4. The van der Waals surface area contributed by atoms with Gasteiger partial charge in [0.15, 0.2) is 0 Å². The monoisotopic (exact) mass is 642 g/mol. The van der Waals surface area contributed by atoms with E-state index in [1.807, 2.05) is 84.9 Å². The maximum Gasteiger partial charge on any atom is 0.407 e. The van der Waals surface area contributed by atoms with Gasteiger partial charge in [-0.25, -0.2) is 4.79 Å². The molecular formula is C39H38N4O5. The molecule has 244 valence electrons. The van der Waals surface area contributed by atoms with Crippen molar-refractivity contribution in [2.45, 2.75) is 44.4 Å². The summed E-state index contributed by atoms with van der Waals surface area (Å²) in [4.78, 5) is 55.2. The Morgan fingerprint density at radius 3 is 2.21 bits per heavy atom. The molecule has 0 spiro atoms. The van der Waals surface area contributed by atoms with E-state index in [1.165, 1.54) is 0 Å². The number of nitrogens with zero attached hydrogens (tertiary/aromatic N) is 1. The van der Waals surface area contributed by atoms with Gasteiger partial charge < -0.3 is 25.5 Å². The molecule has 3 N–H and O–H groups in total. The van der Waals surface area contributed by atoms with Crippen LogP contribution in [-0.4, -0.2) is 47.8 Å². The molecule has 3 amide bonds. The van der Waals surface area contributed by atoms with E-state index in [0.717, 1.165) is 33.2 Å². The zero-order valence-corrected chi connectivity index (χ0v) is 26.5. The normalized spacial score (nSPS) is 12.0. The number of pyridine rings is 1. The van der Waals surface area contributed by atoms with Crippen LogP contribution in [0.1, 0.15) is 40.7 Å². The fourth-order valence-electron chi connectivity index (χ4n) is 5.36. The molecule has 0 radical (unpaired) electrons. The lowest BCUT2D eigenvalue weighted by atomic mass is 10.00. The number of hydrogen-bond donors (Lipinski definition) is 3. The van der Waals surface area contributed by atoms with E-state index in [4.69, 9.17) is 4.74 Å². The summed E-state index contributed by atoms with van der Waals surface area (Å²) in [6, 6.07) is 34.1. The zero-order chi connectivity index (χ0) is 33.6. The summed E-state index contributed by atoms with van der Waals surface area (Å²) in [7, 11) is 0. The SMILES string of the molecule is O=C[C@H](Cc1ccc(-c2nccc3ccccc23)cc1)NC(=O)[C@@H](CCCCNC(=O)OCc1ccccc1)NC(=O)c1ccccc1. The van der Waals surface area contributed by atoms with Gasteiger partial charge in [0.05, 0.1) is 11.7 Å². The van der Waals surface area contributed by atoms with Crippen molar-refractivity contribution in [1.82, 2.24) is 20.9 Å². The third kappa shape index (κ3) is 9.59. The number of nitrogens with one attached hydrogen (secondary N) is 3. The van der Waals surface area contributed by atoms with Gasteiger partial charge in [0.25, 0.3) is 5.91 Å². The number of aldehydes is 1. The van der Waals surface area contributed by atoms with Crippen molar-refractivity contribution in [3.05, 3.63) is 138 Å². The van der Waals surface area contributed by atoms with Crippen LogP contribution in [0.3, 0.4) is 0 Å². The van der Waals surface area contributed by atoms with E-state index in [0.29, 0.717) is 37.7 Å². The van der Waals surface area contributed by atoms with E-state index in [9.17, 15) is 19.2 Å². The first-order valence-electron chi connectivity index (χ1n) is 16.0. The number of aromatic nitrogens is 1. The average Bonchev–Trinajstić information content (AvgIpc) is 3.13. The molecule has 4 aromatic carbocycles. The largest absolute Gasteiger partial charge is 0.445 e. The second-order valence-corrected chi connectivity index (χ2v) is 11.4. The minimum Gasteiger partial charge on any atom is -0.445 e. The molecule has 48 heavy (non-hydrogen) atoms. The lowest BCUT2D eigenvalue weighted by molar-refractivity contribution is -0.125. The van der Waals surface area contributed by atoms with Crippen LogP contribution in [0.4, 0.5) is 4.79 Å². The van der Waals surface area contributed by atoms with Crippen molar-refractivity contribution in [3.63, 3.8) is 0 Å². The van der Waals surface area contributed by atoms with Crippen molar-refractivity contribution in [2.24, 2.45) is 0 Å². The van der Waals surface area contributed by atoms with Crippen molar-refractivity contribution < 1.29 is 23.9 Å². The van der Waals surface area contributed by atoms with E-state index in [1.54, 1.807) is 36.5 Å². The van der Waals surface area contributed by atoms with E-state index in [-0.39, 0.29) is 13.0 Å². The number of unbranched alkanes of at least 4 members (excludes halogenated alkanes) is 1. The lowest BCUT2D eigenvalue weighted by Gasteiger charge is -2.21. The predicted molar refractivity (Wildman–Crippen MR) is 185 cm³/mol. The van der Waals surface area contributed by atoms with Gasteiger partial charge in [0.1, 0.15) is 18.9 Å². The zero-order valence-electron chi connectivity index (χ0n) is 26.5. The van der Waals surface area contributed by atoms with Crippen LogP contribution in [0.2, 0.25) is 0 Å². The van der Waals surface area contributed by atoms with Crippen molar-refractivity contribution in [1.29, 1.82) is 0 Å². The first kappa shape index (κ1) is 33.5. The molecule has 0 aliphatic heterocycles. The Morgan fingerprint density at radius 2 is 1.46 bits per heavy atom. The van der Waals surface area contributed by atoms with Crippen LogP contribution >= 0.6 is 0 Å². The highest BCUT2D eigenvalue weighted by atomic mass is 16.5. The smallest absolute Gasteiger partial charge is 0.407 e. The summed E-state index contributed by atoms with van der Waals surface area (Å²) in [6.07, 6.45) is 3.65. The number of benzene rings is 4. The number of rotatable bonds is 15. The maximum atomic E-state index is 13.4. The summed E-state index contributed by atoms with van der Waals surface area (Å²) < 4.78 is 5.24. The van der Waals surface area contributed by atoms with Gasteiger partial charge in [-0.05, 0) is 60.4 Å². The Labute approximate surface area is 279 Å². The molecule has 0 saturated heterocycles. The molecule has 9 nitrogen and oxygen atoms in total. The van der Waals surface area contributed by atoms with E-state index < -0.39 is 30.0 Å². The standard InChI is InChI=1S/C39H38N4O5/c44-26-33(25-28-18-20-31(21-19-28)36-34-16-8-7-13-30(34)22-24-40-36)42-38(46)35(43-37(45)32-14-5-2-6-15-32)17-9-10-23-41-39(47)48-27-29-11-3-1-4-12-29/h1-8,11-16,18-22,24,26,33,35H,9-10,17,23,25,27H2,(H,41,47)(H,42,46)(H,43,45)/t33-,35+/m0/s1. The van der Waals surface area contributed by atoms with Gasteiger partial charge in [-0.3, -0.25) is 14.6 Å². The number of fused-ring (bicyclic) bond motifs is 1. The van der Waals surface area contributed by atoms with E-state index in [2.05, 4.69) is 20.9 Å². The number of hydrogen-bond acceptors (Lipinski definition) is 6. The molecule has 5 aromatic rings. The summed E-state index contributed by atoms with van der Waals surface area (Å²) in [5, 5.41) is 10.5. The molecule has 0 unspecified atom stereocenters. The van der Waals surface area contributed by atoms with Crippen molar-refractivity contribution in [2.75, 3.05) is 6.54 Å². The van der Waals surface area contributed by atoms with Crippen LogP contribution in [0.25, 0.3) is 22.0 Å². The van der Waals surface area contributed by atoms with Gasteiger partial charge in [0, 0.05) is 29.3 Å². The van der Waals surface area contributed by atoms with Gasteiger partial charge in [-0.2, -0.15) is 0 Å². The van der Waals surface area contributed by atoms with Crippen LogP contribution in [0.15, 0.2) is 121 Å². The summed E-state index contributed by atoms with van der Waals surface area (Å²) in [5.74, 6) is -0.846. The molecule has 5 rings (SSSR count). The Morgan fingerprint density at radius 1 is 0.750 bits per heavy atom. The van der Waals surface area contributed by atoms with Crippen LogP contribution in [0, 0.1) is 0 Å². The Kier molecular flexibility index (Phi) is 12.0. The maximum absolute atomic E-state index is 13.4. The molecule has 1 heterocycles. The fraction of sp³-hybridized carbons (Fsp3) is 0.205. The average molecular weight is 643 g/mol. The highest BCUT2D eigenvalue weighted by Gasteiger charge is 2.24. The van der Waals surface area contributed by atoms with Gasteiger partial charge in [-0.1, -0.05) is 97.1 Å². The second-order valence-electron chi connectivity index (χ2n) is 11.4. The third-order valence-electron chi connectivity index (χ3n) is 7.91. The fourth-order valence-corrected chi connectivity index (χ4v) is 5.36. The van der Waals surface area contributed by atoms with Crippen LogP contribution in [-0.2, 0) is 27.4 Å².